The molecule has 4 heteroatoms. The average Bonchev–Trinajstić information content (AvgIpc) is 3.09. The first-order chi connectivity index (χ1) is 9.38. The minimum absolute atomic E-state index is 0.451. The van der Waals surface area contributed by atoms with Crippen LogP contribution in [0.2, 0.25) is 0 Å². The van der Waals surface area contributed by atoms with Gasteiger partial charge < -0.3 is 4.74 Å². The fraction of sp³-hybridized carbons (Fsp3) is 0.400. The van der Waals surface area contributed by atoms with Gasteiger partial charge in [0.25, 0.3) is 0 Å². The number of nitrogens with one attached hydrogen (secondary N) is 1. The highest BCUT2D eigenvalue weighted by atomic mass is 16.5. The van der Waals surface area contributed by atoms with Gasteiger partial charge in [-0.2, -0.15) is 5.10 Å². The molecule has 19 heavy (non-hydrogen) atoms. The maximum atomic E-state index is 5.43. The molecule has 1 aliphatic heterocycles. The normalized spacial score (nSPS) is 19.7. The third-order valence-electron chi connectivity index (χ3n) is 3.81. The molecule has 1 aliphatic rings. The predicted molar refractivity (Wildman–Crippen MR) is 74.0 cm³/mol. The Labute approximate surface area is 113 Å². The molecule has 1 N–H and O–H groups in total. The van der Waals surface area contributed by atoms with Gasteiger partial charge in [0, 0.05) is 18.3 Å². The van der Waals surface area contributed by atoms with Crippen molar-refractivity contribution in [3.8, 4) is 5.75 Å². The standard InChI is InChI=1S/C15H19N3O/c1-19-15-7-3-2-5-12(15)11-18-10-4-6-14(18)13-8-9-16-17-13/h2-3,5,7-9,14H,4,6,10-11H2,1H3,(H,16,17)/t14-/m1/s1. The summed E-state index contributed by atoms with van der Waals surface area (Å²) in [6.45, 7) is 2.05. The van der Waals surface area contributed by atoms with Crippen LogP contribution in [0.15, 0.2) is 36.5 Å². The molecule has 0 unspecified atom stereocenters. The molecular formula is C15H19N3O. The molecule has 0 saturated carbocycles. The molecule has 100 valence electrons. The fourth-order valence-electron chi connectivity index (χ4n) is 2.87. The van der Waals surface area contributed by atoms with Crippen LogP contribution in [0.4, 0.5) is 0 Å². The molecule has 0 amide bonds. The summed E-state index contributed by atoms with van der Waals surface area (Å²) in [7, 11) is 1.73. The molecule has 0 aliphatic carbocycles. The number of aromatic nitrogens is 2. The lowest BCUT2D eigenvalue weighted by Gasteiger charge is -2.24. The Kier molecular flexibility index (Phi) is 3.51. The van der Waals surface area contributed by atoms with Crippen LogP contribution < -0.4 is 4.74 Å². The van der Waals surface area contributed by atoms with E-state index >= 15 is 0 Å². The smallest absolute Gasteiger partial charge is 0.123 e. The number of methoxy groups -OCH3 is 1. The van der Waals surface area contributed by atoms with Crippen LogP contribution in [-0.2, 0) is 6.54 Å². The molecule has 0 radical (unpaired) electrons. The first-order valence-corrected chi connectivity index (χ1v) is 6.73. The van der Waals surface area contributed by atoms with Crippen molar-refractivity contribution in [1.29, 1.82) is 0 Å². The lowest BCUT2D eigenvalue weighted by molar-refractivity contribution is 0.240. The quantitative estimate of drug-likeness (QED) is 0.915. The third kappa shape index (κ3) is 2.49. The largest absolute Gasteiger partial charge is 0.496 e. The van der Waals surface area contributed by atoms with Crippen molar-refractivity contribution in [2.45, 2.75) is 25.4 Å². The van der Waals surface area contributed by atoms with Gasteiger partial charge in [-0.1, -0.05) is 18.2 Å². The van der Waals surface area contributed by atoms with Crippen molar-refractivity contribution in [2.75, 3.05) is 13.7 Å². The van der Waals surface area contributed by atoms with Gasteiger partial charge in [0.15, 0.2) is 0 Å². The minimum Gasteiger partial charge on any atom is -0.496 e. The first kappa shape index (κ1) is 12.2. The number of benzene rings is 1. The fourth-order valence-corrected chi connectivity index (χ4v) is 2.87. The van der Waals surface area contributed by atoms with E-state index in [1.165, 1.54) is 24.1 Å². The summed E-state index contributed by atoms with van der Waals surface area (Å²) in [5.41, 5.74) is 2.46. The van der Waals surface area contributed by atoms with Crippen LogP contribution in [0, 0.1) is 0 Å². The van der Waals surface area contributed by atoms with Gasteiger partial charge in [-0.15, -0.1) is 0 Å². The molecule has 0 bridgehead atoms. The zero-order chi connectivity index (χ0) is 13.1. The average molecular weight is 257 g/mol. The molecule has 4 nitrogen and oxygen atoms in total. The zero-order valence-electron chi connectivity index (χ0n) is 11.2. The van der Waals surface area contributed by atoms with Crippen molar-refractivity contribution < 1.29 is 4.74 Å². The SMILES string of the molecule is COc1ccccc1CN1CCC[C@@H]1c1ccn[nH]1. The number of aromatic amines is 1. The topological polar surface area (TPSA) is 41.1 Å². The maximum absolute atomic E-state index is 5.43. The lowest BCUT2D eigenvalue weighted by Crippen LogP contribution is -2.23. The zero-order valence-corrected chi connectivity index (χ0v) is 11.2. The van der Waals surface area contributed by atoms with E-state index in [4.69, 9.17) is 4.74 Å². The Morgan fingerprint density at radius 1 is 1.37 bits per heavy atom. The molecule has 2 aromatic rings. The van der Waals surface area contributed by atoms with Crippen LogP contribution in [0.5, 0.6) is 5.75 Å². The van der Waals surface area contributed by atoms with Crippen molar-refractivity contribution in [3.05, 3.63) is 47.8 Å². The number of nitrogens with zero attached hydrogens (tertiary/aromatic N) is 2. The summed E-state index contributed by atoms with van der Waals surface area (Å²) in [4.78, 5) is 2.49. The number of hydrogen-bond acceptors (Lipinski definition) is 3. The van der Waals surface area contributed by atoms with Gasteiger partial charge in [0.05, 0.1) is 18.8 Å². The number of para-hydroxylation sites is 1. The number of likely N-dealkylation sites (tertiary alicyclic amines) is 1. The van der Waals surface area contributed by atoms with Gasteiger partial charge in [0.2, 0.25) is 0 Å². The van der Waals surface area contributed by atoms with E-state index in [1.54, 1.807) is 7.11 Å². The van der Waals surface area contributed by atoms with Crippen LogP contribution in [-0.4, -0.2) is 28.8 Å². The van der Waals surface area contributed by atoms with Crippen LogP contribution in [0.1, 0.15) is 30.1 Å². The molecule has 1 saturated heterocycles. The first-order valence-electron chi connectivity index (χ1n) is 6.73. The molecular weight excluding hydrogens is 238 g/mol. The second-order valence-corrected chi connectivity index (χ2v) is 4.95. The van der Waals surface area contributed by atoms with Crippen LogP contribution in [0.3, 0.4) is 0 Å². The highest BCUT2D eigenvalue weighted by Gasteiger charge is 2.27. The predicted octanol–water partition coefficient (Wildman–Crippen LogP) is 2.76. The van der Waals surface area contributed by atoms with E-state index in [9.17, 15) is 0 Å². The second kappa shape index (κ2) is 5.45. The van der Waals surface area contributed by atoms with E-state index in [0.29, 0.717) is 6.04 Å². The van der Waals surface area contributed by atoms with Gasteiger partial charge in [-0.05, 0) is 31.5 Å². The van der Waals surface area contributed by atoms with Crippen molar-refractivity contribution >= 4 is 0 Å². The van der Waals surface area contributed by atoms with Gasteiger partial charge in [-0.25, -0.2) is 0 Å². The lowest BCUT2D eigenvalue weighted by atomic mass is 10.1. The summed E-state index contributed by atoms with van der Waals surface area (Å²) in [6.07, 6.45) is 4.26. The molecule has 1 fully saturated rings. The van der Waals surface area contributed by atoms with Crippen molar-refractivity contribution in [3.63, 3.8) is 0 Å². The molecule has 1 aromatic heterocycles. The molecule has 2 heterocycles. The van der Waals surface area contributed by atoms with Gasteiger partial charge >= 0.3 is 0 Å². The minimum atomic E-state index is 0.451. The Morgan fingerprint density at radius 2 is 2.26 bits per heavy atom. The molecule has 0 spiro atoms. The van der Waals surface area contributed by atoms with E-state index in [-0.39, 0.29) is 0 Å². The molecule has 3 rings (SSSR count). The van der Waals surface area contributed by atoms with Crippen LogP contribution >= 0.6 is 0 Å². The van der Waals surface area contributed by atoms with E-state index in [0.717, 1.165) is 18.8 Å². The molecule has 1 aromatic carbocycles. The van der Waals surface area contributed by atoms with Crippen LogP contribution in [0.25, 0.3) is 0 Å². The molecule has 1 atom stereocenters. The Hall–Kier alpha value is -1.81. The van der Waals surface area contributed by atoms with Gasteiger partial charge in [-0.3, -0.25) is 10.00 Å². The number of rotatable bonds is 4. The van der Waals surface area contributed by atoms with Crippen molar-refractivity contribution in [1.82, 2.24) is 15.1 Å². The summed E-state index contributed by atoms with van der Waals surface area (Å²) in [5.74, 6) is 0.970. The Morgan fingerprint density at radius 3 is 3.05 bits per heavy atom. The van der Waals surface area contributed by atoms with E-state index < -0.39 is 0 Å². The van der Waals surface area contributed by atoms with E-state index in [2.05, 4.69) is 33.3 Å². The monoisotopic (exact) mass is 257 g/mol. The second-order valence-electron chi connectivity index (χ2n) is 4.95. The third-order valence-corrected chi connectivity index (χ3v) is 3.81. The van der Waals surface area contributed by atoms with Gasteiger partial charge in [0.1, 0.15) is 5.75 Å². The summed E-state index contributed by atoms with van der Waals surface area (Å²) in [6, 6.07) is 10.8. The highest BCUT2D eigenvalue weighted by Crippen LogP contribution is 2.33. The number of H-pyrrole nitrogens is 1. The Bertz CT molecular complexity index is 524. The highest BCUT2D eigenvalue weighted by molar-refractivity contribution is 5.33. The number of hydrogen-bond donors (Lipinski definition) is 1. The Balaban J connectivity index is 1.78. The summed E-state index contributed by atoms with van der Waals surface area (Å²) < 4.78 is 5.43. The summed E-state index contributed by atoms with van der Waals surface area (Å²) >= 11 is 0. The number of ether oxygens (including phenoxy) is 1. The maximum Gasteiger partial charge on any atom is 0.123 e. The van der Waals surface area contributed by atoms with Crippen molar-refractivity contribution in [2.24, 2.45) is 0 Å². The summed E-state index contributed by atoms with van der Waals surface area (Å²) in [5, 5.41) is 7.17. The van der Waals surface area contributed by atoms with E-state index in [1.807, 2.05) is 18.3 Å².